The minimum Gasteiger partial charge on any atom is -0.393 e. The van der Waals surface area contributed by atoms with Crippen molar-refractivity contribution < 1.29 is 14.6 Å². The second kappa shape index (κ2) is 7.63. The van der Waals surface area contributed by atoms with Gasteiger partial charge in [0.2, 0.25) is 0 Å². The highest BCUT2D eigenvalue weighted by molar-refractivity contribution is 5.30. The van der Waals surface area contributed by atoms with Crippen LogP contribution in [0.5, 0.6) is 0 Å². The molecule has 3 heteroatoms. The van der Waals surface area contributed by atoms with Crippen LogP contribution < -0.4 is 0 Å². The van der Waals surface area contributed by atoms with E-state index < -0.39 is 0 Å². The van der Waals surface area contributed by atoms with Gasteiger partial charge in [0.15, 0.2) is 0 Å². The monoisotopic (exact) mass is 264 g/mol. The van der Waals surface area contributed by atoms with Crippen molar-refractivity contribution in [3.05, 3.63) is 35.4 Å². The van der Waals surface area contributed by atoms with Crippen molar-refractivity contribution in [1.29, 1.82) is 0 Å². The highest BCUT2D eigenvalue weighted by Crippen LogP contribution is 2.30. The van der Waals surface area contributed by atoms with Crippen molar-refractivity contribution in [3.8, 4) is 0 Å². The first-order valence-electron chi connectivity index (χ1n) is 7.26. The van der Waals surface area contributed by atoms with E-state index in [1.807, 2.05) is 6.07 Å². The van der Waals surface area contributed by atoms with Crippen LogP contribution in [-0.2, 0) is 15.9 Å². The first-order valence-corrected chi connectivity index (χ1v) is 7.26. The Morgan fingerprint density at radius 2 is 2.21 bits per heavy atom. The van der Waals surface area contributed by atoms with Gasteiger partial charge in [-0.15, -0.1) is 0 Å². The van der Waals surface area contributed by atoms with Gasteiger partial charge >= 0.3 is 0 Å². The smallest absolute Gasteiger partial charge is 0.0852 e. The van der Waals surface area contributed by atoms with E-state index in [1.165, 1.54) is 11.1 Å². The fourth-order valence-corrected chi connectivity index (χ4v) is 2.50. The first-order chi connectivity index (χ1) is 9.31. The van der Waals surface area contributed by atoms with Gasteiger partial charge in [-0.05, 0) is 30.4 Å². The molecule has 1 aliphatic rings. The van der Waals surface area contributed by atoms with Gasteiger partial charge in [-0.2, -0.15) is 0 Å². The zero-order valence-corrected chi connectivity index (χ0v) is 11.7. The number of rotatable bonds is 7. The number of hydrogen-bond acceptors (Lipinski definition) is 3. The maximum atomic E-state index is 10.1. The third-order valence-electron chi connectivity index (χ3n) is 3.52. The van der Waals surface area contributed by atoms with Gasteiger partial charge in [0, 0.05) is 19.6 Å². The van der Waals surface area contributed by atoms with Crippen LogP contribution in [0.3, 0.4) is 0 Å². The topological polar surface area (TPSA) is 38.7 Å². The lowest BCUT2D eigenvalue weighted by atomic mass is 9.94. The molecule has 1 N–H and O–H groups in total. The van der Waals surface area contributed by atoms with Crippen LogP contribution in [0, 0.1) is 0 Å². The number of aliphatic hydroxyl groups is 1. The molecule has 0 bridgehead atoms. The van der Waals surface area contributed by atoms with Gasteiger partial charge in [-0.3, -0.25) is 0 Å². The molecule has 2 unspecified atom stereocenters. The number of hydrogen-bond donors (Lipinski definition) is 1. The summed E-state index contributed by atoms with van der Waals surface area (Å²) in [6, 6.07) is 8.37. The maximum Gasteiger partial charge on any atom is 0.0852 e. The van der Waals surface area contributed by atoms with Gasteiger partial charge in [-0.1, -0.05) is 31.2 Å². The molecule has 1 aliphatic heterocycles. The summed E-state index contributed by atoms with van der Waals surface area (Å²) >= 11 is 0. The fraction of sp³-hybridized carbons (Fsp3) is 0.625. The predicted molar refractivity (Wildman–Crippen MR) is 75.2 cm³/mol. The normalized spacial score (nSPS) is 20.0. The minimum absolute atomic E-state index is 0.0334. The molecule has 2 atom stereocenters. The third kappa shape index (κ3) is 4.30. The SMILES string of the molecule is CCCOCCC(O)CC1OCCc2ccccc21. The molecule has 1 aromatic carbocycles. The minimum atomic E-state index is -0.354. The first kappa shape index (κ1) is 14.5. The van der Waals surface area contributed by atoms with Crippen LogP contribution in [0.15, 0.2) is 24.3 Å². The Labute approximate surface area is 115 Å². The van der Waals surface area contributed by atoms with E-state index in [4.69, 9.17) is 9.47 Å². The summed E-state index contributed by atoms with van der Waals surface area (Å²) in [5, 5.41) is 10.1. The lowest BCUT2D eigenvalue weighted by Crippen LogP contribution is -2.22. The Morgan fingerprint density at radius 1 is 1.37 bits per heavy atom. The van der Waals surface area contributed by atoms with Gasteiger partial charge in [0.25, 0.3) is 0 Å². The van der Waals surface area contributed by atoms with Crippen molar-refractivity contribution >= 4 is 0 Å². The van der Waals surface area contributed by atoms with Crippen molar-refractivity contribution in [2.24, 2.45) is 0 Å². The van der Waals surface area contributed by atoms with Crippen LogP contribution in [0.1, 0.15) is 43.4 Å². The lowest BCUT2D eigenvalue weighted by Gasteiger charge is -2.27. The van der Waals surface area contributed by atoms with Crippen LogP contribution in [0.4, 0.5) is 0 Å². The molecule has 0 aromatic heterocycles. The van der Waals surface area contributed by atoms with E-state index in [0.29, 0.717) is 19.4 Å². The molecule has 0 amide bonds. The summed E-state index contributed by atoms with van der Waals surface area (Å²) in [5.41, 5.74) is 2.59. The zero-order chi connectivity index (χ0) is 13.5. The maximum absolute atomic E-state index is 10.1. The van der Waals surface area contributed by atoms with E-state index in [2.05, 4.69) is 25.1 Å². The molecule has 19 heavy (non-hydrogen) atoms. The summed E-state index contributed by atoms with van der Waals surface area (Å²) in [6.07, 6.45) is 3.02. The van der Waals surface area contributed by atoms with Gasteiger partial charge < -0.3 is 14.6 Å². The Balaban J connectivity index is 1.83. The standard InChI is InChI=1S/C16H24O3/c1-2-9-18-10-8-14(17)12-16-15-6-4-3-5-13(15)7-11-19-16/h3-6,14,16-17H,2,7-12H2,1H3. The van der Waals surface area contributed by atoms with Crippen LogP contribution in [-0.4, -0.2) is 31.0 Å². The molecule has 0 saturated heterocycles. The summed E-state index contributed by atoms with van der Waals surface area (Å²) in [6.45, 7) is 4.24. The number of benzene rings is 1. The molecule has 106 valence electrons. The Morgan fingerprint density at radius 3 is 3.05 bits per heavy atom. The zero-order valence-electron chi connectivity index (χ0n) is 11.7. The average Bonchev–Trinajstić information content (AvgIpc) is 2.44. The van der Waals surface area contributed by atoms with E-state index in [-0.39, 0.29) is 12.2 Å². The van der Waals surface area contributed by atoms with Crippen molar-refractivity contribution in [1.82, 2.24) is 0 Å². The highest BCUT2D eigenvalue weighted by atomic mass is 16.5. The molecular formula is C16H24O3. The molecule has 0 saturated carbocycles. The molecular weight excluding hydrogens is 240 g/mol. The fourth-order valence-electron chi connectivity index (χ4n) is 2.50. The van der Waals surface area contributed by atoms with Crippen LogP contribution >= 0.6 is 0 Å². The summed E-state index contributed by atoms with van der Waals surface area (Å²) in [5.74, 6) is 0. The molecule has 0 radical (unpaired) electrons. The molecule has 0 fully saturated rings. The largest absolute Gasteiger partial charge is 0.393 e. The van der Waals surface area contributed by atoms with E-state index >= 15 is 0 Å². The number of ether oxygens (including phenoxy) is 2. The second-order valence-corrected chi connectivity index (χ2v) is 5.10. The summed E-state index contributed by atoms with van der Waals surface area (Å²) in [7, 11) is 0. The van der Waals surface area contributed by atoms with Gasteiger partial charge in [-0.25, -0.2) is 0 Å². The van der Waals surface area contributed by atoms with Crippen molar-refractivity contribution in [3.63, 3.8) is 0 Å². The molecule has 3 nitrogen and oxygen atoms in total. The lowest BCUT2D eigenvalue weighted by molar-refractivity contribution is -0.00523. The number of fused-ring (bicyclic) bond motifs is 1. The quantitative estimate of drug-likeness (QED) is 0.770. The van der Waals surface area contributed by atoms with Gasteiger partial charge in [0.05, 0.1) is 18.8 Å². The van der Waals surface area contributed by atoms with Crippen molar-refractivity contribution in [2.75, 3.05) is 19.8 Å². The Kier molecular flexibility index (Phi) is 5.83. The molecule has 0 spiro atoms. The molecule has 2 rings (SSSR count). The highest BCUT2D eigenvalue weighted by Gasteiger charge is 2.22. The van der Waals surface area contributed by atoms with Crippen LogP contribution in [0.25, 0.3) is 0 Å². The Hall–Kier alpha value is -0.900. The molecule has 1 heterocycles. The van der Waals surface area contributed by atoms with E-state index in [9.17, 15) is 5.11 Å². The Bertz CT molecular complexity index is 378. The summed E-state index contributed by atoms with van der Waals surface area (Å²) < 4.78 is 11.2. The molecule has 0 aliphatic carbocycles. The average molecular weight is 264 g/mol. The van der Waals surface area contributed by atoms with E-state index in [0.717, 1.165) is 26.1 Å². The summed E-state index contributed by atoms with van der Waals surface area (Å²) in [4.78, 5) is 0. The third-order valence-corrected chi connectivity index (χ3v) is 3.52. The van der Waals surface area contributed by atoms with Crippen molar-refractivity contribution in [2.45, 2.75) is 44.8 Å². The van der Waals surface area contributed by atoms with Gasteiger partial charge in [0.1, 0.15) is 0 Å². The van der Waals surface area contributed by atoms with E-state index in [1.54, 1.807) is 0 Å². The van der Waals surface area contributed by atoms with Crippen LogP contribution in [0.2, 0.25) is 0 Å². The number of aliphatic hydroxyl groups excluding tert-OH is 1. The molecule has 1 aromatic rings. The second-order valence-electron chi connectivity index (χ2n) is 5.10. The predicted octanol–water partition coefficient (Wildman–Crippen LogP) is 2.87.